The van der Waals surface area contributed by atoms with Crippen molar-refractivity contribution in [3.63, 3.8) is 0 Å². The van der Waals surface area contributed by atoms with Crippen molar-refractivity contribution < 1.29 is 42.5 Å². The maximum absolute atomic E-state index is 13.2. The average Bonchev–Trinajstić information content (AvgIpc) is 2.75. The number of hydrogen-bond acceptors (Lipinski definition) is 5. The monoisotopic (exact) mass is 530 g/mol. The number of benzene rings is 2. The zero-order chi connectivity index (χ0) is 27.3. The molecule has 196 valence electrons. The molecule has 0 fully saturated rings. The lowest BCUT2D eigenvalue weighted by Crippen LogP contribution is -2.53. The van der Waals surface area contributed by atoms with Crippen LogP contribution in [0.4, 0.5) is 18.0 Å². The van der Waals surface area contributed by atoms with Crippen molar-refractivity contribution in [2.75, 3.05) is 0 Å². The Morgan fingerprint density at radius 2 is 1.61 bits per heavy atom. The van der Waals surface area contributed by atoms with E-state index in [0.29, 0.717) is 11.6 Å². The number of halogens is 4. The summed E-state index contributed by atoms with van der Waals surface area (Å²) < 4.78 is 44.8. The highest BCUT2D eigenvalue weighted by atomic mass is 35.5. The highest BCUT2D eigenvalue weighted by molar-refractivity contribution is 6.32. The molecule has 36 heavy (non-hydrogen) atoms. The van der Waals surface area contributed by atoms with Crippen molar-refractivity contribution in [3.8, 4) is 0 Å². The number of hydrogen-bond donors (Lipinski definition) is 4. The van der Waals surface area contributed by atoms with Gasteiger partial charge in [0.2, 0.25) is 0 Å². The number of aliphatic hydroxyl groups excluding tert-OH is 1. The van der Waals surface area contributed by atoms with Gasteiger partial charge in [-0.3, -0.25) is 4.79 Å². The van der Waals surface area contributed by atoms with Gasteiger partial charge in [-0.15, -0.1) is 0 Å². The van der Waals surface area contributed by atoms with E-state index in [2.05, 4.69) is 5.32 Å². The predicted octanol–water partition coefficient (Wildman–Crippen LogP) is 4.10. The summed E-state index contributed by atoms with van der Waals surface area (Å²) in [4.78, 5) is 37.0. The molecule has 2 aromatic carbocycles. The number of carboxylic acids is 1. The van der Waals surface area contributed by atoms with E-state index in [4.69, 9.17) is 16.3 Å². The molecule has 0 unspecified atom stereocenters. The number of rotatable bonds is 8. The largest absolute Gasteiger partial charge is 0.479 e. The molecule has 0 bridgehead atoms. The molecule has 0 heterocycles. The van der Waals surface area contributed by atoms with Gasteiger partial charge in [-0.2, -0.15) is 13.2 Å². The van der Waals surface area contributed by atoms with E-state index in [1.54, 1.807) is 51.1 Å². The second-order valence-corrected chi connectivity index (χ2v) is 9.25. The Morgan fingerprint density at radius 3 is 2.14 bits per heavy atom. The van der Waals surface area contributed by atoms with Crippen molar-refractivity contribution >= 4 is 29.6 Å². The summed E-state index contributed by atoms with van der Waals surface area (Å²) in [5.41, 5.74) is -2.07. The molecule has 0 radical (unpaired) electrons. The number of carbonyl (C=O) groups excluding carboxylic acids is 2. The third kappa shape index (κ3) is 8.13. The van der Waals surface area contributed by atoms with Crippen LogP contribution in [0, 0.1) is 0 Å². The van der Waals surface area contributed by atoms with Gasteiger partial charge in [-0.05, 0) is 38.8 Å². The first-order valence-corrected chi connectivity index (χ1v) is 11.1. The molecule has 3 atom stereocenters. The fourth-order valence-electron chi connectivity index (χ4n) is 3.24. The fraction of sp³-hybridized carbons (Fsp3) is 0.375. The van der Waals surface area contributed by atoms with E-state index in [9.17, 15) is 37.8 Å². The molecule has 0 aliphatic rings. The van der Waals surface area contributed by atoms with E-state index in [-0.39, 0.29) is 6.42 Å². The van der Waals surface area contributed by atoms with Crippen LogP contribution in [0.1, 0.15) is 43.5 Å². The van der Waals surface area contributed by atoms with Crippen LogP contribution in [-0.2, 0) is 26.9 Å². The van der Waals surface area contributed by atoms with Crippen LogP contribution in [0.2, 0.25) is 5.02 Å². The van der Waals surface area contributed by atoms with E-state index < -0.39 is 64.1 Å². The second kappa shape index (κ2) is 11.6. The zero-order valence-electron chi connectivity index (χ0n) is 19.6. The minimum Gasteiger partial charge on any atom is -0.479 e. The highest BCUT2D eigenvalue weighted by Crippen LogP contribution is 2.38. The van der Waals surface area contributed by atoms with Crippen LogP contribution in [0.5, 0.6) is 0 Å². The van der Waals surface area contributed by atoms with Crippen LogP contribution in [0.25, 0.3) is 0 Å². The standard InChI is InChI=1S/C24H26ClF3N2O6/c1-23(2,3)36-22(35)29-16(12-13-8-5-4-6-9-13)19(31)20(32)30-18(21(33)34)14-10-7-11-15(17(14)25)24(26,27)28/h4-11,16,18-19,31H,12H2,1-3H3,(H,29,35)(H,30,32)(H,33,34)/t16-,18+,19+/m1/s1. The number of aliphatic hydroxyl groups is 1. The lowest BCUT2D eigenvalue weighted by Gasteiger charge is -2.27. The molecule has 2 aromatic rings. The number of carboxylic acid groups (broad SMARTS) is 1. The summed E-state index contributed by atoms with van der Waals surface area (Å²) in [6.45, 7) is 4.83. The molecular formula is C24H26ClF3N2O6. The molecule has 2 amide bonds. The van der Waals surface area contributed by atoms with Gasteiger partial charge in [-0.25, -0.2) is 9.59 Å². The molecule has 0 saturated carbocycles. The average molecular weight is 531 g/mol. The lowest BCUT2D eigenvalue weighted by molar-refractivity contribution is -0.144. The van der Waals surface area contributed by atoms with Crippen LogP contribution in [-0.4, -0.2) is 45.9 Å². The minimum atomic E-state index is -4.86. The summed E-state index contributed by atoms with van der Waals surface area (Å²) in [7, 11) is 0. The first-order valence-electron chi connectivity index (χ1n) is 10.7. The summed E-state index contributed by atoms with van der Waals surface area (Å²) in [6.07, 6.45) is -7.84. The lowest BCUT2D eigenvalue weighted by atomic mass is 9.99. The van der Waals surface area contributed by atoms with Crippen LogP contribution >= 0.6 is 11.6 Å². The number of alkyl halides is 3. The molecule has 12 heteroatoms. The van der Waals surface area contributed by atoms with Crippen molar-refractivity contribution in [3.05, 3.63) is 70.2 Å². The molecule has 0 saturated heterocycles. The quantitative estimate of drug-likeness (QED) is 0.407. The fourth-order valence-corrected chi connectivity index (χ4v) is 3.59. The van der Waals surface area contributed by atoms with Crippen molar-refractivity contribution in [1.82, 2.24) is 10.6 Å². The molecule has 0 aliphatic heterocycles. The maximum Gasteiger partial charge on any atom is 0.417 e. The Bertz CT molecular complexity index is 1090. The SMILES string of the molecule is CC(C)(C)OC(=O)N[C@H](Cc1ccccc1)[C@H](O)C(=O)N[C@H](C(=O)O)c1cccc(C(F)(F)F)c1Cl. The predicted molar refractivity (Wildman–Crippen MR) is 124 cm³/mol. The zero-order valence-corrected chi connectivity index (χ0v) is 20.4. The molecule has 8 nitrogen and oxygen atoms in total. The number of carbonyl (C=O) groups is 3. The molecule has 0 aliphatic carbocycles. The highest BCUT2D eigenvalue weighted by Gasteiger charge is 2.37. The number of alkyl carbamates (subject to hydrolysis) is 1. The van der Waals surface area contributed by atoms with E-state index in [0.717, 1.165) is 12.1 Å². The van der Waals surface area contributed by atoms with Crippen molar-refractivity contribution in [1.29, 1.82) is 0 Å². The summed E-state index contributed by atoms with van der Waals surface area (Å²) in [5, 5.41) is 23.8. The van der Waals surface area contributed by atoms with Gasteiger partial charge in [0.15, 0.2) is 12.1 Å². The Hall–Kier alpha value is -3.31. The van der Waals surface area contributed by atoms with Crippen LogP contribution < -0.4 is 10.6 Å². The molecule has 2 rings (SSSR count). The normalized spacial score (nSPS) is 14.3. The number of aliphatic carboxylic acids is 1. The summed E-state index contributed by atoms with van der Waals surface area (Å²) in [6, 6.07) is 7.84. The third-order valence-electron chi connectivity index (χ3n) is 4.83. The molecular weight excluding hydrogens is 505 g/mol. The number of amides is 2. The van der Waals surface area contributed by atoms with Gasteiger partial charge in [0, 0.05) is 5.56 Å². The van der Waals surface area contributed by atoms with Gasteiger partial charge in [-0.1, -0.05) is 54.1 Å². The molecule has 0 spiro atoms. The van der Waals surface area contributed by atoms with Gasteiger partial charge in [0.1, 0.15) is 5.60 Å². The van der Waals surface area contributed by atoms with E-state index >= 15 is 0 Å². The van der Waals surface area contributed by atoms with Crippen LogP contribution in [0.15, 0.2) is 48.5 Å². The molecule has 0 aromatic heterocycles. The van der Waals surface area contributed by atoms with Crippen molar-refractivity contribution in [2.45, 2.75) is 57.2 Å². The van der Waals surface area contributed by atoms with Gasteiger partial charge in [0.05, 0.1) is 16.6 Å². The molecule has 4 N–H and O–H groups in total. The second-order valence-electron chi connectivity index (χ2n) is 8.87. The minimum absolute atomic E-state index is 0.0449. The first-order chi connectivity index (χ1) is 16.6. The van der Waals surface area contributed by atoms with E-state index in [1.165, 1.54) is 0 Å². The van der Waals surface area contributed by atoms with Gasteiger partial charge in [0.25, 0.3) is 5.91 Å². The Kier molecular flexibility index (Phi) is 9.33. The van der Waals surface area contributed by atoms with Gasteiger partial charge < -0.3 is 25.6 Å². The Balaban J connectivity index is 2.32. The topological polar surface area (TPSA) is 125 Å². The van der Waals surface area contributed by atoms with Crippen LogP contribution in [0.3, 0.4) is 0 Å². The van der Waals surface area contributed by atoms with Gasteiger partial charge >= 0.3 is 18.2 Å². The summed E-state index contributed by atoms with van der Waals surface area (Å²) >= 11 is 5.82. The van der Waals surface area contributed by atoms with Crippen molar-refractivity contribution in [2.24, 2.45) is 0 Å². The Labute approximate surface area is 210 Å². The summed E-state index contributed by atoms with van der Waals surface area (Å²) in [5.74, 6) is -2.97. The first kappa shape index (κ1) is 28.9. The number of nitrogens with one attached hydrogen (secondary N) is 2. The maximum atomic E-state index is 13.2. The Morgan fingerprint density at radius 1 is 1.00 bits per heavy atom. The third-order valence-corrected chi connectivity index (χ3v) is 5.25. The van der Waals surface area contributed by atoms with E-state index in [1.807, 2.05) is 5.32 Å². The number of ether oxygens (including phenoxy) is 1. The smallest absolute Gasteiger partial charge is 0.417 e.